The zero-order chi connectivity index (χ0) is 13.8. The topological polar surface area (TPSA) is 28.2 Å². The number of anilines is 2. The lowest BCUT2D eigenvalue weighted by Gasteiger charge is -2.19. The molecular formula is C15H18ClN3. The number of aromatic nitrogens is 1. The Balaban J connectivity index is 2.19. The van der Waals surface area contributed by atoms with E-state index in [9.17, 15) is 0 Å². The fourth-order valence-corrected chi connectivity index (χ4v) is 2.08. The van der Waals surface area contributed by atoms with Crippen molar-refractivity contribution >= 4 is 23.0 Å². The van der Waals surface area contributed by atoms with Crippen LogP contribution in [0.15, 0.2) is 36.7 Å². The van der Waals surface area contributed by atoms with Crippen LogP contribution in [0.4, 0.5) is 11.4 Å². The van der Waals surface area contributed by atoms with Crippen molar-refractivity contribution in [2.24, 2.45) is 0 Å². The number of pyridine rings is 1. The van der Waals surface area contributed by atoms with Gasteiger partial charge in [-0.2, -0.15) is 0 Å². The van der Waals surface area contributed by atoms with E-state index in [0.717, 1.165) is 22.9 Å². The van der Waals surface area contributed by atoms with Gasteiger partial charge in [0.1, 0.15) is 0 Å². The third-order valence-corrected chi connectivity index (χ3v) is 3.29. The van der Waals surface area contributed by atoms with Crippen LogP contribution >= 0.6 is 11.6 Å². The summed E-state index contributed by atoms with van der Waals surface area (Å²) in [5, 5.41) is 4.16. The number of hydrogen-bond acceptors (Lipinski definition) is 3. The summed E-state index contributed by atoms with van der Waals surface area (Å²) in [6.45, 7) is 2.82. The van der Waals surface area contributed by atoms with Gasteiger partial charge >= 0.3 is 0 Å². The van der Waals surface area contributed by atoms with Gasteiger partial charge in [-0.3, -0.25) is 4.98 Å². The Morgan fingerprint density at radius 1 is 1.26 bits per heavy atom. The average Bonchev–Trinajstić information content (AvgIpc) is 2.37. The van der Waals surface area contributed by atoms with Crippen molar-refractivity contribution in [3.63, 3.8) is 0 Å². The molecule has 2 rings (SSSR count). The van der Waals surface area contributed by atoms with Gasteiger partial charge in [0.25, 0.3) is 0 Å². The van der Waals surface area contributed by atoms with E-state index < -0.39 is 0 Å². The van der Waals surface area contributed by atoms with Crippen molar-refractivity contribution in [2.45, 2.75) is 13.5 Å². The molecule has 0 spiro atoms. The van der Waals surface area contributed by atoms with E-state index in [2.05, 4.69) is 22.1 Å². The van der Waals surface area contributed by atoms with Crippen LogP contribution in [0.2, 0.25) is 5.02 Å². The molecule has 2 aromatic rings. The summed E-state index contributed by atoms with van der Waals surface area (Å²) in [5.41, 5.74) is 4.56. The quantitative estimate of drug-likeness (QED) is 0.922. The average molecular weight is 276 g/mol. The van der Waals surface area contributed by atoms with Crippen LogP contribution in [0, 0.1) is 6.92 Å². The predicted molar refractivity (Wildman–Crippen MR) is 82.1 cm³/mol. The molecule has 0 atom stereocenters. The normalized spacial score (nSPS) is 10.3. The van der Waals surface area contributed by atoms with Crippen LogP contribution in [0.25, 0.3) is 0 Å². The van der Waals surface area contributed by atoms with E-state index in [0.29, 0.717) is 0 Å². The van der Waals surface area contributed by atoms with Crippen LogP contribution in [0.3, 0.4) is 0 Å². The Kier molecular flexibility index (Phi) is 4.27. The molecule has 0 aliphatic rings. The smallest absolute Gasteiger partial charge is 0.0597 e. The number of nitrogens with zero attached hydrogens (tertiary/aromatic N) is 2. The minimum atomic E-state index is 0.732. The fraction of sp³-hybridized carbons (Fsp3) is 0.267. The number of rotatable bonds is 4. The maximum Gasteiger partial charge on any atom is 0.0597 e. The highest BCUT2D eigenvalue weighted by atomic mass is 35.5. The van der Waals surface area contributed by atoms with Gasteiger partial charge in [0, 0.05) is 38.1 Å². The third-order valence-electron chi connectivity index (χ3n) is 3.06. The zero-order valence-electron chi connectivity index (χ0n) is 11.4. The van der Waals surface area contributed by atoms with E-state index in [1.807, 2.05) is 50.8 Å². The molecule has 0 fully saturated rings. The van der Waals surface area contributed by atoms with E-state index in [4.69, 9.17) is 11.6 Å². The van der Waals surface area contributed by atoms with E-state index in [-0.39, 0.29) is 0 Å². The number of hydrogen-bond donors (Lipinski definition) is 1. The molecule has 4 heteroatoms. The summed E-state index contributed by atoms with van der Waals surface area (Å²) in [4.78, 5) is 6.22. The molecule has 100 valence electrons. The molecule has 0 saturated carbocycles. The Labute approximate surface area is 119 Å². The molecular weight excluding hydrogens is 258 g/mol. The van der Waals surface area contributed by atoms with Crippen molar-refractivity contribution in [3.05, 3.63) is 52.8 Å². The Hall–Kier alpha value is -1.74. The molecule has 0 bridgehead atoms. The fourth-order valence-electron chi connectivity index (χ4n) is 1.91. The maximum atomic E-state index is 6.06. The number of nitrogens with one attached hydrogen (secondary N) is 1. The Bertz CT molecular complexity index is 567. The second-order valence-corrected chi connectivity index (χ2v) is 5.15. The number of halogens is 1. The molecule has 0 saturated heterocycles. The summed E-state index contributed by atoms with van der Waals surface area (Å²) in [5.74, 6) is 0. The monoisotopic (exact) mass is 275 g/mol. The Morgan fingerprint density at radius 2 is 2.05 bits per heavy atom. The van der Waals surface area contributed by atoms with Gasteiger partial charge < -0.3 is 10.2 Å². The van der Waals surface area contributed by atoms with Gasteiger partial charge in [0.05, 0.1) is 11.4 Å². The van der Waals surface area contributed by atoms with Crippen LogP contribution in [-0.2, 0) is 6.54 Å². The first-order valence-electron chi connectivity index (χ1n) is 6.18. The van der Waals surface area contributed by atoms with Gasteiger partial charge in [-0.1, -0.05) is 11.6 Å². The zero-order valence-corrected chi connectivity index (χ0v) is 12.2. The van der Waals surface area contributed by atoms with E-state index >= 15 is 0 Å². The van der Waals surface area contributed by atoms with Crippen LogP contribution in [0.5, 0.6) is 0 Å². The molecule has 1 heterocycles. The first-order chi connectivity index (χ1) is 9.08. The highest BCUT2D eigenvalue weighted by Crippen LogP contribution is 2.28. The van der Waals surface area contributed by atoms with Crippen molar-refractivity contribution < 1.29 is 0 Å². The predicted octanol–water partition coefficient (Wildman–Crippen LogP) is 3.72. The molecule has 0 amide bonds. The molecule has 1 aromatic heterocycles. The molecule has 0 aliphatic carbocycles. The summed E-state index contributed by atoms with van der Waals surface area (Å²) in [6, 6.07) is 7.88. The first-order valence-corrected chi connectivity index (χ1v) is 6.56. The summed E-state index contributed by atoms with van der Waals surface area (Å²) < 4.78 is 0. The standard InChI is InChI=1S/C15H18ClN3/c1-11-6-7-17-9-12(11)10-18-14-8-13(16)4-5-15(14)19(2)3/h4-9,18H,10H2,1-3H3. The SMILES string of the molecule is Cc1ccncc1CNc1cc(Cl)ccc1N(C)C. The summed E-state index contributed by atoms with van der Waals surface area (Å²) >= 11 is 6.06. The molecule has 1 N–H and O–H groups in total. The first kappa shape index (κ1) is 13.7. The van der Waals surface area contributed by atoms with Gasteiger partial charge in [0.15, 0.2) is 0 Å². The van der Waals surface area contributed by atoms with Crippen molar-refractivity contribution in [1.82, 2.24) is 4.98 Å². The molecule has 0 unspecified atom stereocenters. The van der Waals surface area contributed by atoms with Gasteiger partial charge in [-0.15, -0.1) is 0 Å². The lowest BCUT2D eigenvalue weighted by molar-refractivity contribution is 1.07. The summed E-state index contributed by atoms with van der Waals surface area (Å²) in [7, 11) is 4.04. The van der Waals surface area contributed by atoms with Crippen molar-refractivity contribution in [1.29, 1.82) is 0 Å². The highest BCUT2D eigenvalue weighted by molar-refractivity contribution is 6.31. The van der Waals surface area contributed by atoms with E-state index in [1.165, 1.54) is 11.1 Å². The van der Waals surface area contributed by atoms with Gasteiger partial charge in [-0.25, -0.2) is 0 Å². The van der Waals surface area contributed by atoms with E-state index in [1.54, 1.807) is 0 Å². The molecule has 1 aromatic carbocycles. The number of benzene rings is 1. The van der Waals surface area contributed by atoms with Crippen molar-refractivity contribution in [2.75, 3.05) is 24.3 Å². The van der Waals surface area contributed by atoms with Gasteiger partial charge in [-0.05, 0) is 42.3 Å². The van der Waals surface area contributed by atoms with Crippen LogP contribution < -0.4 is 10.2 Å². The molecule has 3 nitrogen and oxygen atoms in total. The lowest BCUT2D eigenvalue weighted by Crippen LogP contribution is -2.12. The highest BCUT2D eigenvalue weighted by Gasteiger charge is 2.06. The van der Waals surface area contributed by atoms with Crippen LogP contribution in [-0.4, -0.2) is 19.1 Å². The number of aryl methyl sites for hydroxylation is 1. The largest absolute Gasteiger partial charge is 0.379 e. The summed E-state index contributed by atoms with van der Waals surface area (Å²) in [6.07, 6.45) is 3.70. The second-order valence-electron chi connectivity index (χ2n) is 4.71. The van der Waals surface area contributed by atoms with Crippen molar-refractivity contribution in [3.8, 4) is 0 Å². The molecule has 0 radical (unpaired) electrons. The lowest BCUT2D eigenvalue weighted by atomic mass is 10.1. The molecule has 19 heavy (non-hydrogen) atoms. The Morgan fingerprint density at radius 3 is 2.74 bits per heavy atom. The minimum Gasteiger partial charge on any atom is -0.379 e. The molecule has 0 aliphatic heterocycles. The minimum absolute atomic E-state index is 0.732. The maximum absolute atomic E-state index is 6.06. The van der Waals surface area contributed by atoms with Crippen LogP contribution in [0.1, 0.15) is 11.1 Å². The van der Waals surface area contributed by atoms with Gasteiger partial charge in [0.2, 0.25) is 0 Å². The second kappa shape index (κ2) is 5.93. The third kappa shape index (κ3) is 3.38.